The molecule has 2 saturated carbocycles. The van der Waals surface area contributed by atoms with Crippen molar-refractivity contribution in [1.29, 1.82) is 0 Å². The van der Waals surface area contributed by atoms with Gasteiger partial charge in [0, 0.05) is 5.92 Å². The fourth-order valence-corrected chi connectivity index (χ4v) is 6.12. The van der Waals surface area contributed by atoms with E-state index in [1.54, 1.807) is 6.07 Å². The standard InChI is InChI=1S/C25H32O4/c1-15-9-10-20-24(3,4)21(26)11-12-25(20,5)17(15)14-28-19-13-22(27)29-18-8-6-7-16(2)23(18)19/h6-8,13,17,20-21,26H,1,9-12,14H2,2-5H3. The Balaban J connectivity index is 1.67. The molecule has 29 heavy (non-hydrogen) atoms. The average molecular weight is 397 g/mol. The van der Waals surface area contributed by atoms with Crippen LogP contribution in [0.1, 0.15) is 52.0 Å². The number of hydrogen-bond donors (Lipinski definition) is 1. The van der Waals surface area contributed by atoms with Gasteiger partial charge in [-0.05, 0) is 61.0 Å². The van der Waals surface area contributed by atoms with Gasteiger partial charge in [0.25, 0.3) is 0 Å². The molecular formula is C25H32O4. The van der Waals surface area contributed by atoms with Gasteiger partial charge in [-0.2, -0.15) is 0 Å². The molecule has 2 aliphatic carbocycles. The van der Waals surface area contributed by atoms with Crippen LogP contribution in [0.3, 0.4) is 0 Å². The summed E-state index contributed by atoms with van der Waals surface area (Å²) in [6.07, 6.45) is 3.53. The third-order valence-electron chi connectivity index (χ3n) is 7.90. The highest BCUT2D eigenvalue weighted by atomic mass is 16.5. The number of hydrogen-bond acceptors (Lipinski definition) is 4. The molecule has 4 heteroatoms. The molecule has 0 amide bonds. The molecule has 0 bridgehead atoms. The lowest BCUT2D eigenvalue weighted by Crippen LogP contribution is -2.55. The summed E-state index contributed by atoms with van der Waals surface area (Å²) in [5.41, 5.74) is 2.31. The van der Waals surface area contributed by atoms with Gasteiger partial charge in [-0.1, -0.05) is 45.1 Å². The Morgan fingerprint density at radius 2 is 2.03 bits per heavy atom. The summed E-state index contributed by atoms with van der Waals surface area (Å²) in [6.45, 7) is 13.6. The van der Waals surface area contributed by atoms with E-state index in [9.17, 15) is 9.90 Å². The number of aliphatic hydroxyl groups is 1. The Morgan fingerprint density at radius 1 is 1.28 bits per heavy atom. The molecule has 4 atom stereocenters. The zero-order chi connectivity index (χ0) is 21.0. The number of rotatable bonds is 3. The van der Waals surface area contributed by atoms with E-state index in [-0.39, 0.29) is 22.9 Å². The van der Waals surface area contributed by atoms with E-state index < -0.39 is 5.63 Å². The van der Waals surface area contributed by atoms with Crippen molar-refractivity contribution in [2.24, 2.45) is 22.7 Å². The predicted octanol–water partition coefficient (Wildman–Crippen LogP) is 5.25. The molecule has 1 aromatic heterocycles. The third-order valence-corrected chi connectivity index (χ3v) is 7.90. The van der Waals surface area contributed by atoms with Gasteiger partial charge in [-0.25, -0.2) is 4.79 Å². The minimum atomic E-state index is -0.397. The maximum absolute atomic E-state index is 12.1. The van der Waals surface area contributed by atoms with Gasteiger partial charge >= 0.3 is 5.63 Å². The zero-order valence-electron chi connectivity index (χ0n) is 18.0. The Bertz CT molecular complexity index is 1000. The van der Waals surface area contributed by atoms with Crippen LogP contribution in [0, 0.1) is 29.6 Å². The fourth-order valence-electron chi connectivity index (χ4n) is 6.12. The number of fused-ring (bicyclic) bond motifs is 2. The van der Waals surface area contributed by atoms with Crippen molar-refractivity contribution < 1.29 is 14.3 Å². The SMILES string of the molecule is C=C1CCC2C(C)(C)C(O)CCC2(C)C1COc1cc(=O)oc2cccc(C)c12. The van der Waals surface area contributed by atoms with E-state index in [2.05, 4.69) is 27.4 Å². The van der Waals surface area contributed by atoms with Gasteiger partial charge in [0.15, 0.2) is 0 Å². The lowest BCUT2D eigenvalue weighted by molar-refractivity contribution is -0.128. The molecule has 1 heterocycles. The van der Waals surface area contributed by atoms with Crippen molar-refractivity contribution in [3.8, 4) is 5.75 Å². The molecule has 156 valence electrons. The van der Waals surface area contributed by atoms with Crippen LogP contribution in [-0.2, 0) is 0 Å². The van der Waals surface area contributed by atoms with Crippen molar-refractivity contribution in [1.82, 2.24) is 0 Å². The highest BCUT2D eigenvalue weighted by Crippen LogP contribution is 2.60. The first-order valence-electron chi connectivity index (χ1n) is 10.7. The molecule has 4 rings (SSSR count). The molecule has 2 aliphatic rings. The van der Waals surface area contributed by atoms with Gasteiger partial charge < -0.3 is 14.3 Å². The quantitative estimate of drug-likeness (QED) is 0.569. The highest BCUT2D eigenvalue weighted by Gasteiger charge is 2.56. The first-order valence-corrected chi connectivity index (χ1v) is 10.7. The molecule has 2 fully saturated rings. The maximum atomic E-state index is 12.1. The smallest absolute Gasteiger partial charge is 0.339 e. The van der Waals surface area contributed by atoms with Crippen LogP contribution in [-0.4, -0.2) is 17.8 Å². The Labute approximate surface area is 172 Å². The molecule has 2 aromatic rings. The molecule has 0 aliphatic heterocycles. The van der Waals surface area contributed by atoms with Crippen molar-refractivity contribution in [3.05, 3.63) is 52.4 Å². The summed E-state index contributed by atoms with van der Waals surface area (Å²) in [5.74, 6) is 1.19. The summed E-state index contributed by atoms with van der Waals surface area (Å²) in [7, 11) is 0. The van der Waals surface area contributed by atoms with E-state index in [1.165, 1.54) is 11.6 Å². The molecule has 1 aromatic carbocycles. The summed E-state index contributed by atoms with van der Waals surface area (Å²) >= 11 is 0. The minimum absolute atomic E-state index is 0.0301. The first-order chi connectivity index (χ1) is 13.6. The van der Waals surface area contributed by atoms with E-state index in [0.717, 1.165) is 36.6 Å². The van der Waals surface area contributed by atoms with Crippen LogP contribution in [0.2, 0.25) is 0 Å². The van der Waals surface area contributed by atoms with Crippen molar-refractivity contribution >= 4 is 11.0 Å². The van der Waals surface area contributed by atoms with Crippen LogP contribution in [0.25, 0.3) is 11.0 Å². The lowest BCUT2D eigenvalue weighted by atomic mass is 9.47. The van der Waals surface area contributed by atoms with Gasteiger partial charge in [-0.15, -0.1) is 0 Å². The molecule has 1 N–H and O–H groups in total. The van der Waals surface area contributed by atoms with E-state index in [1.807, 2.05) is 19.1 Å². The first kappa shape index (κ1) is 20.2. The fraction of sp³-hybridized carbons (Fsp3) is 0.560. The van der Waals surface area contributed by atoms with Crippen LogP contribution in [0.4, 0.5) is 0 Å². The van der Waals surface area contributed by atoms with Crippen LogP contribution in [0.5, 0.6) is 5.75 Å². The third kappa shape index (κ3) is 3.22. The number of aliphatic hydroxyl groups excluding tert-OH is 1. The second-order valence-corrected chi connectivity index (χ2v) is 9.87. The maximum Gasteiger partial charge on any atom is 0.339 e. The normalized spacial score (nSPS) is 31.5. The molecule has 4 unspecified atom stereocenters. The van der Waals surface area contributed by atoms with E-state index in [4.69, 9.17) is 9.15 Å². The van der Waals surface area contributed by atoms with Gasteiger partial charge in [0.1, 0.15) is 11.3 Å². The predicted molar refractivity (Wildman–Crippen MR) is 115 cm³/mol. The summed E-state index contributed by atoms with van der Waals surface area (Å²) < 4.78 is 11.7. The van der Waals surface area contributed by atoms with Gasteiger partial charge in [0.05, 0.1) is 24.2 Å². The van der Waals surface area contributed by atoms with Crippen LogP contribution < -0.4 is 10.4 Å². The van der Waals surface area contributed by atoms with E-state index >= 15 is 0 Å². The number of ether oxygens (including phenoxy) is 1. The average Bonchev–Trinajstić information content (AvgIpc) is 2.64. The minimum Gasteiger partial charge on any atom is -0.492 e. The van der Waals surface area contributed by atoms with Gasteiger partial charge in [0.2, 0.25) is 0 Å². The molecule has 0 saturated heterocycles. The topological polar surface area (TPSA) is 59.7 Å². The van der Waals surface area contributed by atoms with Crippen molar-refractivity contribution in [2.45, 2.75) is 59.5 Å². The number of aryl methyl sites for hydroxylation is 1. The van der Waals surface area contributed by atoms with Crippen LogP contribution >= 0.6 is 0 Å². The second kappa shape index (κ2) is 7.02. The largest absolute Gasteiger partial charge is 0.492 e. The Kier molecular flexibility index (Phi) is 4.89. The summed E-state index contributed by atoms with van der Waals surface area (Å²) in [6, 6.07) is 7.14. The Morgan fingerprint density at radius 3 is 2.79 bits per heavy atom. The molecule has 4 nitrogen and oxygen atoms in total. The Hall–Kier alpha value is -2.07. The summed E-state index contributed by atoms with van der Waals surface area (Å²) in [4.78, 5) is 12.1. The molecular weight excluding hydrogens is 364 g/mol. The zero-order valence-corrected chi connectivity index (χ0v) is 18.0. The van der Waals surface area contributed by atoms with E-state index in [0.29, 0.717) is 23.9 Å². The highest BCUT2D eigenvalue weighted by molar-refractivity contribution is 5.86. The molecule has 0 spiro atoms. The van der Waals surface area contributed by atoms with Crippen molar-refractivity contribution in [2.75, 3.05) is 6.61 Å². The van der Waals surface area contributed by atoms with Gasteiger partial charge in [-0.3, -0.25) is 0 Å². The second-order valence-electron chi connectivity index (χ2n) is 9.87. The number of benzene rings is 1. The van der Waals surface area contributed by atoms with Crippen molar-refractivity contribution in [3.63, 3.8) is 0 Å². The lowest BCUT2D eigenvalue weighted by Gasteiger charge is -2.59. The summed E-state index contributed by atoms with van der Waals surface area (Å²) in [5, 5.41) is 11.5. The van der Waals surface area contributed by atoms with Crippen LogP contribution in [0.15, 0.2) is 45.6 Å². The molecule has 0 radical (unpaired) electrons. The monoisotopic (exact) mass is 396 g/mol.